The van der Waals surface area contributed by atoms with E-state index in [1.54, 1.807) is 13.2 Å². The molecule has 3 aromatic carbocycles. The third kappa shape index (κ3) is 5.63. The van der Waals surface area contributed by atoms with Gasteiger partial charge in [0, 0.05) is 31.2 Å². The molecule has 1 unspecified atom stereocenters. The highest BCUT2D eigenvalue weighted by Gasteiger charge is 2.25. The number of nitrogens with one attached hydrogen (secondary N) is 1. The predicted molar refractivity (Wildman–Crippen MR) is 125 cm³/mol. The molecule has 0 spiro atoms. The van der Waals surface area contributed by atoms with Crippen LogP contribution in [0.1, 0.15) is 34.0 Å². The molecule has 3 rings (SSSR count). The van der Waals surface area contributed by atoms with E-state index in [0.29, 0.717) is 28.5 Å². The van der Waals surface area contributed by atoms with Crippen LogP contribution in [0.2, 0.25) is 10.0 Å². The van der Waals surface area contributed by atoms with E-state index in [0.717, 1.165) is 22.4 Å². The summed E-state index contributed by atoms with van der Waals surface area (Å²) in [7, 11) is 1.71. The number of halogens is 2. The van der Waals surface area contributed by atoms with Gasteiger partial charge in [-0.05, 0) is 60.9 Å². The number of methoxy groups -OCH3 is 1. The number of hydrogen-bond acceptors (Lipinski definition) is 2. The average molecular weight is 442 g/mol. The number of carbonyl (C=O) groups excluding carboxylic acids is 1. The second-order valence-electron chi connectivity index (χ2n) is 7.72. The van der Waals surface area contributed by atoms with Crippen molar-refractivity contribution >= 4 is 34.8 Å². The maximum absolute atomic E-state index is 12.6. The molecule has 0 bridgehead atoms. The molecule has 0 saturated carbocycles. The molecule has 0 fully saturated rings. The average Bonchev–Trinajstić information content (AvgIpc) is 2.73. The van der Waals surface area contributed by atoms with E-state index in [4.69, 9.17) is 27.9 Å². The van der Waals surface area contributed by atoms with Gasteiger partial charge in [0.2, 0.25) is 0 Å². The lowest BCUT2D eigenvalue weighted by Gasteiger charge is -2.29. The Morgan fingerprint density at radius 1 is 0.933 bits per heavy atom. The van der Waals surface area contributed by atoms with Gasteiger partial charge in [-0.3, -0.25) is 4.79 Å². The van der Waals surface area contributed by atoms with E-state index in [1.165, 1.54) is 0 Å². The van der Waals surface area contributed by atoms with Gasteiger partial charge < -0.3 is 10.1 Å². The quantitative estimate of drug-likeness (QED) is 0.440. The lowest BCUT2D eigenvalue weighted by Crippen LogP contribution is -2.33. The number of benzene rings is 3. The molecule has 30 heavy (non-hydrogen) atoms. The number of anilines is 1. The molecule has 5 heteroatoms. The SMILES string of the molecule is COC(C)(Cc1ccc(C(=O)Nc2ccccc2C)cc1)Cc1ccc(Cl)c(Cl)c1. The minimum absolute atomic E-state index is 0.124. The molecular weight excluding hydrogens is 417 g/mol. The highest BCUT2D eigenvalue weighted by Crippen LogP contribution is 2.27. The van der Waals surface area contributed by atoms with Gasteiger partial charge in [0.1, 0.15) is 0 Å². The second kappa shape index (κ2) is 9.65. The molecule has 0 aliphatic rings. The van der Waals surface area contributed by atoms with E-state index in [-0.39, 0.29) is 5.91 Å². The molecule has 1 N–H and O–H groups in total. The van der Waals surface area contributed by atoms with E-state index >= 15 is 0 Å². The molecule has 0 saturated heterocycles. The zero-order valence-electron chi connectivity index (χ0n) is 17.3. The van der Waals surface area contributed by atoms with Crippen molar-refractivity contribution in [2.24, 2.45) is 0 Å². The normalized spacial score (nSPS) is 13.0. The van der Waals surface area contributed by atoms with Crippen LogP contribution in [0, 0.1) is 6.92 Å². The van der Waals surface area contributed by atoms with Gasteiger partial charge in [0.15, 0.2) is 0 Å². The van der Waals surface area contributed by atoms with Crippen LogP contribution in [-0.2, 0) is 17.6 Å². The van der Waals surface area contributed by atoms with Crippen molar-refractivity contribution in [1.29, 1.82) is 0 Å². The number of amides is 1. The summed E-state index contributed by atoms with van der Waals surface area (Å²) < 4.78 is 5.83. The Bertz CT molecular complexity index is 1030. The predicted octanol–water partition coefficient (Wildman–Crippen LogP) is 6.74. The van der Waals surface area contributed by atoms with Crippen molar-refractivity contribution in [3.05, 3.63) is 99.0 Å². The van der Waals surface area contributed by atoms with Crippen molar-refractivity contribution in [2.75, 3.05) is 12.4 Å². The smallest absolute Gasteiger partial charge is 0.255 e. The van der Waals surface area contributed by atoms with Crippen LogP contribution >= 0.6 is 23.2 Å². The fourth-order valence-corrected chi connectivity index (χ4v) is 3.72. The maximum Gasteiger partial charge on any atom is 0.255 e. The summed E-state index contributed by atoms with van der Waals surface area (Å²) in [6.45, 7) is 4.03. The Labute approximate surface area is 188 Å². The van der Waals surface area contributed by atoms with E-state index in [2.05, 4.69) is 12.2 Å². The summed E-state index contributed by atoms with van der Waals surface area (Å²) in [5.41, 5.74) is 4.20. The Morgan fingerprint density at radius 2 is 1.57 bits per heavy atom. The monoisotopic (exact) mass is 441 g/mol. The first-order valence-electron chi connectivity index (χ1n) is 9.75. The maximum atomic E-state index is 12.6. The molecule has 0 aliphatic heterocycles. The van der Waals surface area contributed by atoms with Gasteiger partial charge in [0.05, 0.1) is 15.6 Å². The van der Waals surface area contributed by atoms with Gasteiger partial charge in [-0.2, -0.15) is 0 Å². The summed E-state index contributed by atoms with van der Waals surface area (Å²) in [6.07, 6.45) is 1.39. The van der Waals surface area contributed by atoms with Crippen molar-refractivity contribution < 1.29 is 9.53 Å². The Balaban J connectivity index is 1.69. The topological polar surface area (TPSA) is 38.3 Å². The molecule has 1 amide bonds. The van der Waals surface area contributed by atoms with Crippen LogP contribution in [0.5, 0.6) is 0 Å². The molecule has 0 aliphatic carbocycles. The molecule has 3 aromatic rings. The van der Waals surface area contributed by atoms with Crippen molar-refractivity contribution in [1.82, 2.24) is 0 Å². The van der Waals surface area contributed by atoms with Crippen LogP contribution in [-0.4, -0.2) is 18.6 Å². The molecule has 1 atom stereocenters. The van der Waals surface area contributed by atoms with Gasteiger partial charge in [-0.1, -0.05) is 59.6 Å². The van der Waals surface area contributed by atoms with Crippen molar-refractivity contribution in [2.45, 2.75) is 32.3 Å². The molecule has 3 nitrogen and oxygen atoms in total. The Morgan fingerprint density at radius 3 is 2.20 bits per heavy atom. The molecule has 0 aromatic heterocycles. The second-order valence-corrected chi connectivity index (χ2v) is 8.54. The minimum Gasteiger partial charge on any atom is -0.378 e. The number of carbonyl (C=O) groups is 1. The van der Waals surface area contributed by atoms with Gasteiger partial charge in [-0.15, -0.1) is 0 Å². The fourth-order valence-electron chi connectivity index (χ4n) is 3.40. The first-order valence-corrected chi connectivity index (χ1v) is 10.5. The van der Waals surface area contributed by atoms with Crippen LogP contribution in [0.4, 0.5) is 5.69 Å². The first-order chi connectivity index (χ1) is 14.3. The fraction of sp³-hybridized carbons (Fsp3) is 0.240. The Hall–Kier alpha value is -2.33. The first kappa shape index (κ1) is 22.4. The van der Waals surface area contributed by atoms with Crippen LogP contribution < -0.4 is 5.32 Å². The summed E-state index contributed by atoms with van der Waals surface area (Å²) in [6, 6.07) is 21.0. The van der Waals surface area contributed by atoms with Gasteiger partial charge in [0.25, 0.3) is 5.91 Å². The zero-order valence-corrected chi connectivity index (χ0v) is 18.8. The lowest BCUT2D eigenvalue weighted by molar-refractivity contribution is 0.00678. The van der Waals surface area contributed by atoms with Crippen LogP contribution in [0.25, 0.3) is 0 Å². The number of rotatable bonds is 7. The van der Waals surface area contributed by atoms with E-state index in [1.807, 2.05) is 67.6 Å². The van der Waals surface area contributed by atoms with Gasteiger partial charge in [-0.25, -0.2) is 0 Å². The molecule has 0 radical (unpaired) electrons. The third-order valence-electron chi connectivity index (χ3n) is 5.24. The van der Waals surface area contributed by atoms with E-state index < -0.39 is 5.60 Å². The Kier molecular flexibility index (Phi) is 7.19. The molecule has 0 heterocycles. The van der Waals surface area contributed by atoms with Crippen molar-refractivity contribution in [3.8, 4) is 0 Å². The highest BCUT2D eigenvalue weighted by molar-refractivity contribution is 6.42. The van der Waals surface area contributed by atoms with Gasteiger partial charge >= 0.3 is 0 Å². The van der Waals surface area contributed by atoms with Crippen LogP contribution in [0.3, 0.4) is 0 Å². The summed E-state index contributed by atoms with van der Waals surface area (Å²) in [5, 5.41) is 4.04. The summed E-state index contributed by atoms with van der Waals surface area (Å²) >= 11 is 12.2. The van der Waals surface area contributed by atoms with Crippen LogP contribution in [0.15, 0.2) is 66.7 Å². The highest BCUT2D eigenvalue weighted by atomic mass is 35.5. The summed E-state index contributed by atoms with van der Waals surface area (Å²) in [5.74, 6) is -0.124. The number of ether oxygens (including phenoxy) is 1. The largest absolute Gasteiger partial charge is 0.378 e. The number of para-hydroxylation sites is 1. The van der Waals surface area contributed by atoms with Crippen molar-refractivity contribution in [3.63, 3.8) is 0 Å². The molecular formula is C25H25Cl2NO2. The number of aryl methyl sites for hydroxylation is 1. The molecule has 156 valence electrons. The number of hydrogen-bond donors (Lipinski definition) is 1. The van der Waals surface area contributed by atoms with E-state index in [9.17, 15) is 4.79 Å². The lowest BCUT2D eigenvalue weighted by atomic mass is 9.89. The minimum atomic E-state index is -0.415. The summed E-state index contributed by atoms with van der Waals surface area (Å²) in [4.78, 5) is 12.6. The third-order valence-corrected chi connectivity index (χ3v) is 5.98. The zero-order chi connectivity index (χ0) is 21.7. The standard InChI is InChI=1S/C25H25Cl2NO2/c1-17-6-4-5-7-23(17)28-24(29)20-11-8-18(9-12-20)15-25(2,30-3)16-19-10-13-21(26)22(27)14-19/h4-14H,15-16H2,1-3H3,(H,28,29).